The van der Waals surface area contributed by atoms with Crippen molar-refractivity contribution in [2.75, 3.05) is 26.2 Å². The van der Waals surface area contributed by atoms with Gasteiger partial charge in [-0.1, -0.05) is 31.5 Å². The number of carbonyl (C=O) groups is 1. The van der Waals surface area contributed by atoms with Crippen LogP contribution in [-0.2, 0) is 16.8 Å². The Morgan fingerprint density at radius 3 is 2.92 bits per heavy atom. The lowest BCUT2D eigenvalue weighted by molar-refractivity contribution is -0.0948. The predicted octanol–water partition coefficient (Wildman–Crippen LogP) is 3.54. The van der Waals surface area contributed by atoms with E-state index in [-0.39, 0.29) is 11.6 Å². The second-order valence-corrected chi connectivity index (χ2v) is 7.19. The Labute approximate surface area is 148 Å². The summed E-state index contributed by atoms with van der Waals surface area (Å²) in [5.74, 6) is 0. The van der Waals surface area contributed by atoms with Gasteiger partial charge in [0.15, 0.2) is 0 Å². The topological polar surface area (TPSA) is 57.4 Å². The van der Waals surface area contributed by atoms with Crippen LogP contribution in [0.3, 0.4) is 0 Å². The second kappa shape index (κ2) is 6.71. The molecule has 4 rings (SSSR count). The third-order valence-electron chi connectivity index (χ3n) is 5.66. The molecule has 0 unspecified atom stereocenters. The molecule has 2 amide bonds. The van der Waals surface area contributed by atoms with Crippen LogP contribution < -0.4 is 5.32 Å². The monoisotopic (exact) mass is 341 g/mol. The lowest BCUT2D eigenvalue weighted by atomic mass is 9.83. The van der Waals surface area contributed by atoms with Gasteiger partial charge in [-0.2, -0.15) is 0 Å². The number of rotatable bonds is 3. The van der Waals surface area contributed by atoms with E-state index in [1.807, 2.05) is 4.90 Å². The number of hydrogen-bond donors (Lipinski definition) is 2. The summed E-state index contributed by atoms with van der Waals surface area (Å²) >= 11 is 0. The van der Waals surface area contributed by atoms with Crippen LogP contribution in [0.4, 0.5) is 4.79 Å². The van der Waals surface area contributed by atoms with E-state index < -0.39 is 0 Å². The van der Waals surface area contributed by atoms with E-state index in [0.29, 0.717) is 0 Å². The quantitative estimate of drug-likeness (QED) is 0.839. The number of piperidine rings is 1. The number of aromatic nitrogens is 1. The Morgan fingerprint density at radius 2 is 2.12 bits per heavy atom. The van der Waals surface area contributed by atoms with Gasteiger partial charge in [-0.15, -0.1) is 0 Å². The maximum atomic E-state index is 12.3. The first kappa shape index (κ1) is 16.5. The number of benzene rings is 1. The van der Waals surface area contributed by atoms with Crippen LogP contribution in [0.25, 0.3) is 10.9 Å². The van der Waals surface area contributed by atoms with Gasteiger partial charge in [0.05, 0.1) is 12.3 Å². The normalized spacial score (nSPS) is 19.2. The van der Waals surface area contributed by atoms with Crippen molar-refractivity contribution in [1.82, 2.24) is 15.2 Å². The largest absolute Gasteiger partial charge is 0.368 e. The molecule has 0 radical (unpaired) electrons. The van der Waals surface area contributed by atoms with E-state index in [2.05, 4.69) is 41.5 Å². The molecule has 1 aromatic heterocycles. The van der Waals surface area contributed by atoms with Crippen LogP contribution >= 0.6 is 0 Å². The summed E-state index contributed by atoms with van der Waals surface area (Å²) in [7, 11) is 0. The molecule has 3 heterocycles. The van der Waals surface area contributed by atoms with Gasteiger partial charge >= 0.3 is 6.03 Å². The fourth-order valence-electron chi connectivity index (χ4n) is 4.22. The Kier molecular flexibility index (Phi) is 4.42. The van der Waals surface area contributed by atoms with Crippen molar-refractivity contribution in [3.63, 3.8) is 0 Å². The minimum atomic E-state index is -0.257. The average molecular weight is 341 g/mol. The molecule has 5 nitrogen and oxygen atoms in total. The fraction of sp³-hybridized carbons (Fsp3) is 0.550. The Hall–Kier alpha value is -2.01. The van der Waals surface area contributed by atoms with Crippen LogP contribution in [0, 0.1) is 0 Å². The number of urea groups is 1. The number of amides is 2. The number of fused-ring (bicyclic) bond motifs is 4. The predicted molar refractivity (Wildman–Crippen MR) is 98.7 cm³/mol. The molecular weight excluding hydrogens is 314 g/mol. The molecule has 2 aliphatic rings. The zero-order valence-electron chi connectivity index (χ0n) is 14.9. The zero-order chi connectivity index (χ0) is 17.3. The molecule has 1 aromatic carbocycles. The number of aromatic amines is 1. The number of ether oxygens (including phenoxy) is 1. The zero-order valence-corrected chi connectivity index (χ0v) is 14.9. The molecule has 5 heteroatoms. The second-order valence-electron chi connectivity index (χ2n) is 7.19. The first-order valence-corrected chi connectivity index (χ1v) is 9.50. The van der Waals surface area contributed by atoms with Gasteiger partial charge in [0.25, 0.3) is 0 Å². The average Bonchev–Trinajstić information content (AvgIpc) is 3.03. The highest BCUT2D eigenvalue weighted by atomic mass is 16.5. The number of likely N-dealkylation sites (tertiary alicyclic amines) is 1. The van der Waals surface area contributed by atoms with E-state index in [9.17, 15) is 4.79 Å². The minimum Gasteiger partial charge on any atom is -0.368 e. The highest BCUT2D eigenvalue weighted by Gasteiger charge is 2.43. The molecule has 0 aliphatic carbocycles. The highest BCUT2D eigenvalue weighted by molar-refractivity contribution is 5.85. The maximum absolute atomic E-state index is 12.3. The summed E-state index contributed by atoms with van der Waals surface area (Å²) in [6, 6.07) is 8.57. The summed E-state index contributed by atoms with van der Waals surface area (Å²) in [5.41, 5.74) is 3.58. The number of nitrogens with zero attached hydrogens (tertiary/aromatic N) is 1. The fourth-order valence-corrected chi connectivity index (χ4v) is 4.22. The number of para-hydroxylation sites is 1. The van der Waals surface area contributed by atoms with E-state index in [4.69, 9.17) is 4.74 Å². The number of carbonyl (C=O) groups excluding carboxylic acids is 1. The van der Waals surface area contributed by atoms with Crippen LogP contribution in [0.1, 0.15) is 43.9 Å². The molecule has 0 atom stereocenters. The van der Waals surface area contributed by atoms with Crippen LogP contribution in [0.5, 0.6) is 0 Å². The Morgan fingerprint density at radius 1 is 1.32 bits per heavy atom. The van der Waals surface area contributed by atoms with Crippen LogP contribution in [0.15, 0.2) is 24.3 Å². The number of unbranched alkanes of at least 4 members (excludes halogenated alkanes) is 1. The summed E-state index contributed by atoms with van der Waals surface area (Å²) in [4.78, 5) is 17.8. The Bertz CT molecular complexity index is 759. The van der Waals surface area contributed by atoms with Gasteiger partial charge in [-0.25, -0.2) is 4.79 Å². The molecule has 0 saturated carbocycles. The molecule has 2 N–H and O–H groups in total. The van der Waals surface area contributed by atoms with Gasteiger partial charge in [-0.3, -0.25) is 0 Å². The van der Waals surface area contributed by atoms with Crippen molar-refractivity contribution in [3.05, 3.63) is 35.5 Å². The molecule has 0 bridgehead atoms. The molecule has 134 valence electrons. The van der Waals surface area contributed by atoms with Gasteiger partial charge in [0.2, 0.25) is 0 Å². The lowest BCUT2D eigenvalue weighted by Crippen LogP contribution is -2.51. The Balaban J connectivity index is 1.51. The van der Waals surface area contributed by atoms with Gasteiger partial charge in [-0.05, 0) is 37.3 Å². The van der Waals surface area contributed by atoms with Crippen molar-refractivity contribution < 1.29 is 9.53 Å². The summed E-state index contributed by atoms with van der Waals surface area (Å²) in [5, 5.41) is 4.34. The number of nitrogens with one attached hydrogen (secondary N) is 2. The standard InChI is InChI=1S/C20H27N3O2/c1-2-3-11-21-19(24)23-12-9-20(10-13-23)18-16(8-14-25-20)15-6-4-5-7-17(15)22-18/h4-7,22H,2-3,8-14H2,1H3,(H,21,24). The van der Waals surface area contributed by atoms with Crippen molar-refractivity contribution in [2.24, 2.45) is 0 Å². The lowest BCUT2D eigenvalue weighted by Gasteiger charge is -2.43. The van der Waals surface area contributed by atoms with E-state index in [0.717, 1.165) is 58.3 Å². The van der Waals surface area contributed by atoms with Gasteiger partial charge in [0, 0.05) is 30.5 Å². The van der Waals surface area contributed by atoms with Crippen molar-refractivity contribution >= 4 is 16.9 Å². The van der Waals surface area contributed by atoms with Crippen molar-refractivity contribution in [3.8, 4) is 0 Å². The molecule has 2 aliphatic heterocycles. The summed E-state index contributed by atoms with van der Waals surface area (Å²) in [6.07, 6.45) is 4.80. The summed E-state index contributed by atoms with van der Waals surface area (Å²) < 4.78 is 6.30. The molecular formula is C20H27N3O2. The van der Waals surface area contributed by atoms with E-state index >= 15 is 0 Å². The van der Waals surface area contributed by atoms with E-state index in [1.54, 1.807) is 0 Å². The summed E-state index contributed by atoms with van der Waals surface area (Å²) in [6.45, 7) is 5.14. The van der Waals surface area contributed by atoms with Crippen molar-refractivity contribution in [1.29, 1.82) is 0 Å². The molecule has 1 saturated heterocycles. The molecule has 1 fully saturated rings. The van der Waals surface area contributed by atoms with Gasteiger partial charge < -0.3 is 19.9 Å². The molecule has 2 aromatic rings. The van der Waals surface area contributed by atoms with Crippen molar-refractivity contribution in [2.45, 2.75) is 44.6 Å². The van der Waals surface area contributed by atoms with Crippen LogP contribution in [-0.4, -0.2) is 42.2 Å². The first-order chi connectivity index (χ1) is 12.2. The first-order valence-electron chi connectivity index (χ1n) is 9.50. The number of H-pyrrole nitrogens is 1. The highest BCUT2D eigenvalue weighted by Crippen LogP contribution is 2.43. The minimum absolute atomic E-state index is 0.0657. The third kappa shape index (κ3) is 2.91. The third-order valence-corrected chi connectivity index (χ3v) is 5.66. The SMILES string of the molecule is CCCCNC(=O)N1CCC2(CC1)OCCc1c2[nH]c2ccccc12. The smallest absolute Gasteiger partial charge is 0.317 e. The van der Waals surface area contributed by atoms with E-state index in [1.165, 1.54) is 22.2 Å². The maximum Gasteiger partial charge on any atom is 0.317 e. The van der Waals surface area contributed by atoms with Gasteiger partial charge in [0.1, 0.15) is 5.60 Å². The molecule has 1 spiro atoms. The number of hydrogen-bond acceptors (Lipinski definition) is 2. The molecule has 25 heavy (non-hydrogen) atoms. The van der Waals surface area contributed by atoms with Crippen LogP contribution in [0.2, 0.25) is 0 Å².